The maximum atomic E-state index is 12.2. The third kappa shape index (κ3) is 2.32. The Labute approximate surface area is 130 Å². The van der Waals surface area contributed by atoms with Gasteiger partial charge in [0.15, 0.2) is 0 Å². The predicted molar refractivity (Wildman–Crippen MR) is 82.1 cm³/mol. The van der Waals surface area contributed by atoms with Crippen molar-refractivity contribution in [3.8, 4) is 23.1 Å². The number of nitriles is 1. The number of aromatic nitrogens is 3. The van der Waals surface area contributed by atoms with Crippen molar-refractivity contribution in [2.75, 3.05) is 7.11 Å². The Morgan fingerprint density at radius 2 is 2.27 bits per heavy atom. The lowest BCUT2D eigenvalue weighted by molar-refractivity contribution is 0.415. The molecule has 0 saturated heterocycles. The molecule has 0 aliphatic rings. The lowest BCUT2D eigenvalue weighted by atomic mass is 10.1. The van der Waals surface area contributed by atoms with Gasteiger partial charge < -0.3 is 9.72 Å². The van der Waals surface area contributed by atoms with Crippen LogP contribution in [0.1, 0.15) is 5.56 Å². The molecule has 0 fully saturated rings. The van der Waals surface area contributed by atoms with Crippen molar-refractivity contribution >= 4 is 17.2 Å². The normalized spacial score (nSPS) is 10.6. The van der Waals surface area contributed by atoms with E-state index in [1.807, 2.05) is 0 Å². The summed E-state index contributed by atoms with van der Waals surface area (Å²) in [5, 5.41) is 13.3. The van der Waals surface area contributed by atoms with Crippen molar-refractivity contribution in [1.82, 2.24) is 14.6 Å². The van der Waals surface area contributed by atoms with E-state index in [0.717, 1.165) is 5.56 Å². The Morgan fingerprint density at radius 3 is 3.00 bits per heavy atom. The number of hydrogen-bond acceptors (Lipinski definition) is 4. The van der Waals surface area contributed by atoms with Crippen LogP contribution >= 0.6 is 11.6 Å². The number of H-pyrrole nitrogens is 1. The van der Waals surface area contributed by atoms with E-state index in [2.05, 4.69) is 16.2 Å². The molecular weight excluding hydrogens is 304 g/mol. The molecule has 0 aliphatic carbocycles. The standard InChI is InChI=1S/C15H11ClN4O2/c1-22-13-6-9(2-3-11(13)16)12-7-14(21)20-15(19-12)10(4-5-17)8-18-20/h2-3,6-8,19H,4H2,1H3. The number of hydrogen-bond donors (Lipinski definition) is 1. The van der Waals surface area contributed by atoms with E-state index in [9.17, 15) is 4.79 Å². The van der Waals surface area contributed by atoms with Crippen molar-refractivity contribution in [3.63, 3.8) is 0 Å². The van der Waals surface area contributed by atoms with Gasteiger partial charge in [-0.15, -0.1) is 0 Å². The molecule has 0 amide bonds. The first-order valence-corrected chi connectivity index (χ1v) is 6.82. The Hall–Kier alpha value is -2.78. The minimum absolute atomic E-state index is 0.173. The van der Waals surface area contributed by atoms with E-state index < -0.39 is 0 Å². The second kappa shape index (κ2) is 5.54. The summed E-state index contributed by atoms with van der Waals surface area (Å²) in [6.07, 6.45) is 1.69. The van der Waals surface area contributed by atoms with Gasteiger partial charge in [-0.1, -0.05) is 17.7 Å². The zero-order valence-electron chi connectivity index (χ0n) is 11.6. The van der Waals surface area contributed by atoms with Crippen molar-refractivity contribution in [2.45, 2.75) is 6.42 Å². The van der Waals surface area contributed by atoms with Gasteiger partial charge in [0.2, 0.25) is 0 Å². The second-order valence-corrected chi connectivity index (χ2v) is 5.04. The van der Waals surface area contributed by atoms with Crippen LogP contribution in [-0.4, -0.2) is 21.7 Å². The highest BCUT2D eigenvalue weighted by Gasteiger charge is 2.11. The largest absolute Gasteiger partial charge is 0.495 e. The highest BCUT2D eigenvalue weighted by Crippen LogP contribution is 2.29. The van der Waals surface area contributed by atoms with Crippen molar-refractivity contribution in [1.29, 1.82) is 5.26 Å². The van der Waals surface area contributed by atoms with Gasteiger partial charge in [0.1, 0.15) is 11.4 Å². The molecule has 0 radical (unpaired) electrons. The summed E-state index contributed by atoms with van der Waals surface area (Å²) >= 11 is 6.01. The number of ether oxygens (including phenoxy) is 1. The van der Waals surface area contributed by atoms with Crippen LogP contribution in [0.3, 0.4) is 0 Å². The van der Waals surface area contributed by atoms with Gasteiger partial charge in [0.05, 0.1) is 36.5 Å². The first kappa shape index (κ1) is 14.2. The SMILES string of the molecule is COc1cc(-c2cc(=O)n3ncc(CC#N)c3[nH]2)ccc1Cl. The van der Waals surface area contributed by atoms with Gasteiger partial charge >= 0.3 is 0 Å². The minimum atomic E-state index is -0.276. The van der Waals surface area contributed by atoms with E-state index in [-0.39, 0.29) is 12.0 Å². The fourth-order valence-electron chi connectivity index (χ4n) is 2.23. The lowest BCUT2D eigenvalue weighted by Crippen LogP contribution is -2.14. The molecule has 1 aromatic carbocycles. The molecule has 0 bridgehead atoms. The van der Waals surface area contributed by atoms with Crippen molar-refractivity contribution in [3.05, 3.63) is 51.4 Å². The molecule has 7 heteroatoms. The number of benzene rings is 1. The van der Waals surface area contributed by atoms with Crippen LogP contribution < -0.4 is 10.3 Å². The third-order valence-corrected chi connectivity index (χ3v) is 3.62. The van der Waals surface area contributed by atoms with Gasteiger partial charge in [-0.05, 0) is 12.1 Å². The minimum Gasteiger partial charge on any atom is -0.495 e. The molecule has 0 saturated carbocycles. The van der Waals surface area contributed by atoms with Gasteiger partial charge in [0.25, 0.3) is 5.56 Å². The highest BCUT2D eigenvalue weighted by atomic mass is 35.5. The number of methoxy groups -OCH3 is 1. The van der Waals surface area contributed by atoms with E-state index in [0.29, 0.717) is 27.7 Å². The number of halogens is 1. The van der Waals surface area contributed by atoms with Gasteiger partial charge in [0, 0.05) is 17.2 Å². The predicted octanol–water partition coefficient (Wildman–Crippen LogP) is 2.42. The molecule has 2 heterocycles. The summed E-state index contributed by atoms with van der Waals surface area (Å²) in [4.78, 5) is 15.3. The summed E-state index contributed by atoms with van der Waals surface area (Å²) in [6, 6.07) is 8.72. The fraction of sp³-hybridized carbons (Fsp3) is 0.133. The van der Waals surface area contributed by atoms with Crippen LogP contribution in [0.25, 0.3) is 16.9 Å². The molecule has 3 rings (SSSR count). The molecule has 6 nitrogen and oxygen atoms in total. The monoisotopic (exact) mass is 314 g/mol. The van der Waals surface area contributed by atoms with Gasteiger partial charge in [-0.25, -0.2) is 0 Å². The number of nitrogens with zero attached hydrogens (tertiary/aromatic N) is 3. The van der Waals surface area contributed by atoms with Crippen LogP contribution in [0.5, 0.6) is 5.75 Å². The smallest absolute Gasteiger partial charge is 0.274 e. The topological polar surface area (TPSA) is 83.2 Å². The van der Waals surface area contributed by atoms with Crippen LogP contribution in [0, 0.1) is 11.3 Å². The van der Waals surface area contributed by atoms with Gasteiger partial charge in [-0.2, -0.15) is 14.9 Å². The average Bonchev–Trinajstić information content (AvgIpc) is 2.92. The summed E-state index contributed by atoms with van der Waals surface area (Å²) in [7, 11) is 1.53. The molecule has 3 aromatic rings. The molecule has 0 spiro atoms. The van der Waals surface area contributed by atoms with Crippen LogP contribution in [0.15, 0.2) is 35.3 Å². The molecule has 110 valence electrons. The zero-order chi connectivity index (χ0) is 15.7. The molecular formula is C15H11ClN4O2. The van der Waals surface area contributed by atoms with Crippen LogP contribution in [0.2, 0.25) is 5.02 Å². The van der Waals surface area contributed by atoms with Crippen LogP contribution in [-0.2, 0) is 6.42 Å². The van der Waals surface area contributed by atoms with E-state index >= 15 is 0 Å². The molecule has 22 heavy (non-hydrogen) atoms. The highest BCUT2D eigenvalue weighted by molar-refractivity contribution is 6.32. The van der Waals surface area contributed by atoms with E-state index in [4.69, 9.17) is 21.6 Å². The summed E-state index contributed by atoms with van der Waals surface area (Å²) in [5.41, 5.74) is 2.26. The number of nitrogens with one attached hydrogen (secondary N) is 1. The zero-order valence-corrected chi connectivity index (χ0v) is 12.4. The Kier molecular flexibility index (Phi) is 3.57. The molecule has 2 aromatic heterocycles. The first-order chi connectivity index (χ1) is 10.6. The summed E-state index contributed by atoms with van der Waals surface area (Å²) < 4.78 is 6.43. The summed E-state index contributed by atoms with van der Waals surface area (Å²) in [5.74, 6) is 0.519. The van der Waals surface area contributed by atoms with Crippen molar-refractivity contribution < 1.29 is 4.74 Å². The molecule has 0 aliphatic heterocycles. The maximum absolute atomic E-state index is 12.2. The lowest BCUT2D eigenvalue weighted by Gasteiger charge is -2.07. The third-order valence-electron chi connectivity index (χ3n) is 3.31. The maximum Gasteiger partial charge on any atom is 0.274 e. The number of fused-ring (bicyclic) bond motifs is 1. The second-order valence-electron chi connectivity index (χ2n) is 4.64. The van der Waals surface area contributed by atoms with Crippen LogP contribution in [0.4, 0.5) is 0 Å². The average molecular weight is 315 g/mol. The number of rotatable bonds is 3. The van der Waals surface area contributed by atoms with Crippen molar-refractivity contribution in [2.24, 2.45) is 0 Å². The molecule has 1 N–H and O–H groups in total. The van der Waals surface area contributed by atoms with E-state index in [1.54, 1.807) is 18.2 Å². The molecule has 0 unspecified atom stereocenters. The fourth-order valence-corrected chi connectivity index (χ4v) is 2.42. The quantitative estimate of drug-likeness (QED) is 0.804. The Morgan fingerprint density at radius 1 is 1.45 bits per heavy atom. The Bertz CT molecular complexity index is 952. The Balaban J connectivity index is 2.21. The first-order valence-electron chi connectivity index (χ1n) is 6.45. The molecule has 0 atom stereocenters. The van der Waals surface area contributed by atoms with Gasteiger partial charge in [-0.3, -0.25) is 4.79 Å². The van der Waals surface area contributed by atoms with E-state index in [1.165, 1.54) is 23.9 Å². The summed E-state index contributed by atoms with van der Waals surface area (Å²) in [6.45, 7) is 0. The number of aromatic amines is 1.